The molecule has 84 valence electrons. The van der Waals surface area contributed by atoms with Gasteiger partial charge in [-0.05, 0) is 18.4 Å². The van der Waals surface area contributed by atoms with E-state index in [1.165, 1.54) is 0 Å². The Morgan fingerprint density at radius 1 is 1.13 bits per heavy atom. The third-order valence-electron chi connectivity index (χ3n) is 2.22. The highest BCUT2D eigenvalue weighted by Crippen LogP contribution is 2.07. The van der Waals surface area contributed by atoms with Gasteiger partial charge in [0.25, 0.3) is 0 Å². The van der Waals surface area contributed by atoms with E-state index in [0.717, 1.165) is 5.56 Å². The monoisotopic (exact) mass is 210 g/mol. The highest BCUT2D eigenvalue weighted by atomic mass is 16.5. The Bertz CT molecular complexity index is 248. The predicted octanol–water partition coefficient (Wildman–Crippen LogP) is 1.34. The molecule has 3 heteroatoms. The molecule has 15 heavy (non-hydrogen) atoms. The lowest BCUT2D eigenvalue weighted by Crippen LogP contribution is -2.18. The summed E-state index contributed by atoms with van der Waals surface area (Å²) in [6.07, 6.45) is 1.19. The van der Waals surface area contributed by atoms with Crippen molar-refractivity contribution < 1.29 is 14.9 Å². The van der Waals surface area contributed by atoms with Crippen LogP contribution in [-0.4, -0.2) is 29.5 Å². The Kier molecular flexibility index (Phi) is 6.00. The Hall–Kier alpha value is -0.900. The van der Waals surface area contributed by atoms with Crippen molar-refractivity contribution in [3.05, 3.63) is 35.9 Å². The van der Waals surface area contributed by atoms with Gasteiger partial charge >= 0.3 is 0 Å². The van der Waals surface area contributed by atoms with Crippen molar-refractivity contribution in [2.45, 2.75) is 25.6 Å². The summed E-state index contributed by atoms with van der Waals surface area (Å²) in [5, 5.41) is 17.7. The van der Waals surface area contributed by atoms with Gasteiger partial charge in [0.1, 0.15) is 0 Å². The second kappa shape index (κ2) is 7.40. The van der Waals surface area contributed by atoms with E-state index in [9.17, 15) is 0 Å². The zero-order chi connectivity index (χ0) is 10.9. The Morgan fingerprint density at radius 3 is 2.47 bits per heavy atom. The number of aliphatic hydroxyl groups excluding tert-OH is 2. The number of rotatable bonds is 7. The fourth-order valence-corrected chi connectivity index (χ4v) is 1.33. The maximum absolute atomic E-state index is 9.02. The van der Waals surface area contributed by atoms with Crippen molar-refractivity contribution >= 4 is 0 Å². The number of aliphatic hydroxyl groups is 2. The van der Waals surface area contributed by atoms with Gasteiger partial charge < -0.3 is 14.9 Å². The van der Waals surface area contributed by atoms with Crippen molar-refractivity contribution in [2.24, 2.45) is 0 Å². The van der Waals surface area contributed by atoms with Crippen molar-refractivity contribution in [1.29, 1.82) is 0 Å². The van der Waals surface area contributed by atoms with Gasteiger partial charge in [0.15, 0.2) is 0 Å². The minimum atomic E-state index is -0.169. The zero-order valence-electron chi connectivity index (χ0n) is 8.80. The minimum absolute atomic E-state index is 0.00678. The zero-order valence-corrected chi connectivity index (χ0v) is 8.80. The largest absolute Gasteiger partial charge is 0.396 e. The van der Waals surface area contributed by atoms with E-state index in [4.69, 9.17) is 14.9 Å². The van der Waals surface area contributed by atoms with Gasteiger partial charge in [-0.1, -0.05) is 30.3 Å². The first-order valence-corrected chi connectivity index (χ1v) is 5.24. The summed E-state index contributed by atoms with van der Waals surface area (Å²) in [5.41, 5.74) is 1.10. The first-order valence-electron chi connectivity index (χ1n) is 5.24. The third-order valence-corrected chi connectivity index (χ3v) is 2.22. The summed E-state index contributed by atoms with van der Waals surface area (Å²) >= 11 is 0. The molecule has 1 aromatic carbocycles. The highest BCUT2D eigenvalue weighted by molar-refractivity contribution is 5.13. The van der Waals surface area contributed by atoms with E-state index >= 15 is 0 Å². The number of ether oxygens (including phenoxy) is 1. The first-order chi connectivity index (χ1) is 7.36. The van der Waals surface area contributed by atoms with Crippen LogP contribution in [0.3, 0.4) is 0 Å². The van der Waals surface area contributed by atoms with E-state index < -0.39 is 0 Å². The average Bonchev–Trinajstić information content (AvgIpc) is 2.31. The van der Waals surface area contributed by atoms with E-state index in [1.54, 1.807) is 0 Å². The van der Waals surface area contributed by atoms with Crippen LogP contribution in [0.1, 0.15) is 18.4 Å². The fourth-order valence-electron chi connectivity index (χ4n) is 1.33. The van der Waals surface area contributed by atoms with Crippen LogP contribution in [0.2, 0.25) is 0 Å². The molecule has 0 aliphatic rings. The molecule has 1 rings (SSSR count). The van der Waals surface area contributed by atoms with Gasteiger partial charge in [0, 0.05) is 6.61 Å². The van der Waals surface area contributed by atoms with E-state index in [2.05, 4.69) is 0 Å². The molecule has 2 N–H and O–H groups in total. The second-order valence-electron chi connectivity index (χ2n) is 3.47. The van der Waals surface area contributed by atoms with Crippen molar-refractivity contribution in [3.63, 3.8) is 0 Å². The Balaban J connectivity index is 2.28. The summed E-state index contributed by atoms with van der Waals surface area (Å²) in [6.45, 7) is 0.662. The van der Waals surface area contributed by atoms with Crippen molar-refractivity contribution in [1.82, 2.24) is 0 Å². The molecule has 0 radical (unpaired) electrons. The molecule has 1 aromatic rings. The topological polar surface area (TPSA) is 49.7 Å². The summed E-state index contributed by atoms with van der Waals surface area (Å²) in [7, 11) is 0. The predicted molar refractivity (Wildman–Crippen MR) is 58.4 cm³/mol. The summed E-state index contributed by atoms with van der Waals surface area (Å²) in [5.74, 6) is 0. The van der Waals surface area contributed by atoms with Crippen LogP contribution in [0.5, 0.6) is 0 Å². The van der Waals surface area contributed by atoms with Gasteiger partial charge in [-0.2, -0.15) is 0 Å². The third kappa shape index (κ3) is 4.93. The number of benzene rings is 1. The number of hydrogen-bond donors (Lipinski definition) is 2. The van der Waals surface area contributed by atoms with Crippen LogP contribution in [0.25, 0.3) is 0 Å². The van der Waals surface area contributed by atoms with Gasteiger partial charge in [-0.3, -0.25) is 0 Å². The molecule has 0 amide bonds. The molecule has 1 atom stereocenters. The molecular formula is C12H18O3. The smallest absolute Gasteiger partial charge is 0.0811 e. The van der Waals surface area contributed by atoms with Gasteiger partial charge in [-0.15, -0.1) is 0 Å². The fraction of sp³-hybridized carbons (Fsp3) is 0.500. The molecule has 0 aliphatic carbocycles. The molecule has 3 nitrogen and oxygen atoms in total. The molecular weight excluding hydrogens is 192 g/mol. The standard InChI is InChI=1S/C12H18O3/c13-8-4-7-12(9-14)15-10-11-5-2-1-3-6-11/h1-3,5-6,12-14H,4,7-10H2/t12-/m1/s1. The molecule has 0 bridgehead atoms. The summed E-state index contributed by atoms with van der Waals surface area (Å²) < 4.78 is 5.52. The molecule has 0 unspecified atom stereocenters. The molecule has 0 aliphatic heterocycles. The maximum Gasteiger partial charge on any atom is 0.0811 e. The highest BCUT2D eigenvalue weighted by Gasteiger charge is 2.06. The Labute approximate surface area is 90.3 Å². The maximum atomic E-state index is 9.02. The average molecular weight is 210 g/mol. The molecule has 0 saturated carbocycles. The van der Waals surface area contributed by atoms with Crippen molar-refractivity contribution in [2.75, 3.05) is 13.2 Å². The van der Waals surface area contributed by atoms with Crippen LogP contribution >= 0.6 is 0 Å². The quantitative estimate of drug-likeness (QED) is 0.714. The number of hydrogen-bond acceptors (Lipinski definition) is 3. The minimum Gasteiger partial charge on any atom is -0.396 e. The van der Waals surface area contributed by atoms with E-state index in [-0.39, 0.29) is 19.3 Å². The molecule has 0 aromatic heterocycles. The lowest BCUT2D eigenvalue weighted by Gasteiger charge is -2.14. The first kappa shape index (κ1) is 12.2. The molecule has 0 fully saturated rings. The van der Waals surface area contributed by atoms with Crippen LogP contribution in [0.15, 0.2) is 30.3 Å². The van der Waals surface area contributed by atoms with Gasteiger partial charge in [0.2, 0.25) is 0 Å². The molecule has 0 spiro atoms. The Morgan fingerprint density at radius 2 is 1.87 bits per heavy atom. The summed E-state index contributed by atoms with van der Waals surface area (Å²) in [6, 6.07) is 9.85. The normalized spacial score (nSPS) is 12.7. The van der Waals surface area contributed by atoms with Crippen LogP contribution < -0.4 is 0 Å². The lowest BCUT2D eigenvalue weighted by molar-refractivity contribution is -0.00528. The SMILES string of the molecule is OCCC[C@H](CO)OCc1ccccc1. The van der Waals surface area contributed by atoms with E-state index in [0.29, 0.717) is 19.4 Å². The van der Waals surface area contributed by atoms with Gasteiger partial charge in [-0.25, -0.2) is 0 Å². The lowest BCUT2D eigenvalue weighted by atomic mass is 10.2. The molecule has 0 saturated heterocycles. The van der Waals surface area contributed by atoms with Crippen LogP contribution in [0.4, 0.5) is 0 Å². The van der Waals surface area contributed by atoms with Gasteiger partial charge in [0.05, 0.1) is 19.3 Å². The van der Waals surface area contributed by atoms with Crippen LogP contribution in [-0.2, 0) is 11.3 Å². The molecule has 0 heterocycles. The van der Waals surface area contributed by atoms with E-state index in [1.807, 2.05) is 30.3 Å². The second-order valence-corrected chi connectivity index (χ2v) is 3.47. The summed E-state index contributed by atoms with van der Waals surface area (Å²) in [4.78, 5) is 0. The van der Waals surface area contributed by atoms with Crippen molar-refractivity contribution in [3.8, 4) is 0 Å². The van der Waals surface area contributed by atoms with Crippen LogP contribution in [0, 0.1) is 0 Å².